The molecule has 0 spiro atoms. The molecule has 0 saturated heterocycles. The molecule has 0 radical (unpaired) electrons. The number of benzene rings is 1. The van der Waals surface area contributed by atoms with Crippen LogP contribution in [0.4, 0.5) is 0 Å². The Bertz CT molecular complexity index is 453. The first-order valence-electron chi connectivity index (χ1n) is 5.97. The van der Waals surface area contributed by atoms with Gasteiger partial charge in [-0.2, -0.15) is 0 Å². The lowest BCUT2D eigenvalue weighted by molar-refractivity contribution is 0.0944. The van der Waals surface area contributed by atoms with Crippen molar-refractivity contribution in [2.45, 2.75) is 24.1 Å². The van der Waals surface area contributed by atoms with Gasteiger partial charge in [0.05, 0.1) is 5.56 Å². The fraction of sp³-hybridized carbons (Fsp3) is 0.462. The summed E-state index contributed by atoms with van der Waals surface area (Å²) in [7, 11) is 0. The molecule has 98 valence electrons. The molecule has 2 N–H and O–H groups in total. The summed E-state index contributed by atoms with van der Waals surface area (Å²) in [5, 5.41) is 12.6. The number of halogens is 2. The summed E-state index contributed by atoms with van der Waals surface area (Å²) in [6.07, 6.45) is 3.43. The van der Waals surface area contributed by atoms with E-state index in [1.54, 1.807) is 18.2 Å². The van der Waals surface area contributed by atoms with Gasteiger partial charge in [-0.3, -0.25) is 4.79 Å². The SMILES string of the molecule is O=C(NCC1CCC(Br)C1)c1cc(I)ccc1O. The van der Waals surface area contributed by atoms with Crippen LogP contribution >= 0.6 is 38.5 Å². The number of carbonyl (C=O) groups is 1. The van der Waals surface area contributed by atoms with Gasteiger partial charge in [0.15, 0.2) is 0 Å². The monoisotopic (exact) mass is 423 g/mol. The third-order valence-electron chi connectivity index (χ3n) is 3.23. The second kappa shape index (κ2) is 6.23. The van der Waals surface area contributed by atoms with E-state index in [1.807, 2.05) is 0 Å². The largest absolute Gasteiger partial charge is 0.507 e. The van der Waals surface area contributed by atoms with Crippen molar-refractivity contribution in [1.29, 1.82) is 0 Å². The maximum Gasteiger partial charge on any atom is 0.255 e. The highest BCUT2D eigenvalue weighted by Gasteiger charge is 2.23. The van der Waals surface area contributed by atoms with Crippen molar-refractivity contribution in [2.75, 3.05) is 6.54 Å². The molecular weight excluding hydrogens is 409 g/mol. The minimum atomic E-state index is -0.191. The Morgan fingerprint density at radius 1 is 1.50 bits per heavy atom. The van der Waals surface area contributed by atoms with Crippen LogP contribution < -0.4 is 5.32 Å². The number of amides is 1. The number of hydrogen-bond acceptors (Lipinski definition) is 2. The maximum absolute atomic E-state index is 12.0. The highest BCUT2D eigenvalue weighted by molar-refractivity contribution is 14.1. The predicted molar refractivity (Wildman–Crippen MR) is 83.2 cm³/mol. The number of rotatable bonds is 3. The summed E-state index contributed by atoms with van der Waals surface area (Å²) >= 11 is 5.73. The number of phenols is 1. The van der Waals surface area contributed by atoms with Crippen LogP contribution in [0.5, 0.6) is 5.75 Å². The van der Waals surface area contributed by atoms with Crippen molar-refractivity contribution in [2.24, 2.45) is 5.92 Å². The van der Waals surface area contributed by atoms with Crippen LogP contribution in [0.25, 0.3) is 0 Å². The molecule has 1 saturated carbocycles. The predicted octanol–water partition coefficient (Wildman–Crippen LogP) is 3.29. The van der Waals surface area contributed by atoms with Crippen LogP contribution in [-0.4, -0.2) is 22.4 Å². The molecule has 0 heterocycles. The summed E-state index contributed by atoms with van der Waals surface area (Å²) in [6.45, 7) is 0.686. The highest BCUT2D eigenvalue weighted by atomic mass is 127. The smallest absolute Gasteiger partial charge is 0.255 e. The van der Waals surface area contributed by atoms with Crippen molar-refractivity contribution >= 4 is 44.4 Å². The molecule has 1 fully saturated rings. The molecule has 3 nitrogen and oxygen atoms in total. The van der Waals surface area contributed by atoms with Gasteiger partial charge in [-0.05, 0) is 66.0 Å². The van der Waals surface area contributed by atoms with Crippen molar-refractivity contribution in [3.05, 3.63) is 27.3 Å². The maximum atomic E-state index is 12.0. The summed E-state index contributed by atoms with van der Waals surface area (Å²) < 4.78 is 0.942. The van der Waals surface area contributed by atoms with E-state index in [9.17, 15) is 9.90 Å². The van der Waals surface area contributed by atoms with Crippen LogP contribution in [0.2, 0.25) is 0 Å². The second-order valence-corrected chi connectivity index (χ2v) is 7.19. The number of phenolic OH excluding ortho intramolecular Hbond substituents is 1. The molecule has 18 heavy (non-hydrogen) atoms. The zero-order valence-electron chi connectivity index (χ0n) is 9.83. The molecule has 0 aliphatic heterocycles. The topological polar surface area (TPSA) is 49.3 Å². The standard InChI is InChI=1S/C13H15BrINO2/c14-9-2-1-8(5-9)7-16-13(18)11-6-10(15)3-4-12(11)17/h3-4,6,8-9,17H,1-2,5,7H2,(H,16,18). The molecule has 1 aliphatic rings. The van der Waals surface area contributed by atoms with Gasteiger partial charge in [0, 0.05) is 14.9 Å². The Kier molecular flexibility index (Phi) is 4.89. The fourth-order valence-electron chi connectivity index (χ4n) is 2.22. The molecular formula is C13H15BrINO2. The molecule has 1 aromatic carbocycles. The van der Waals surface area contributed by atoms with Crippen molar-refractivity contribution in [3.8, 4) is 5.75 Å². The normalized spacial score (nSPS) is 23.0. The molecule has 2 atom stereocenters. The van der Waals surface area contributed by atoms with Crippen LogP contribution in [0.3, 0.4) is 0 Å². The molecule has 1 aromatic rings. The molecule has 1 aliphatic carbocycles. The Morgan fingerprint density at radius 2 is 2.28 bits per heavy atom. The first-order chi connectivity index (χ1) is 8.56. The number of alkyl halides is 1. The number of aromatic hydroxyl groups is 1. The lowest BCUT2D eigenvalue weighted by Crippen LogP contribution is -2.28. The highest BCUT2D eigenvalue weighted by Crippen LogP contribution is 2.30. The Hall–Kier alpha value is -0.300. The number of hydrogen-bond donors (Lipinski definition) is 2. The molecule has 2 unspecified atom stereocenters. The van der Waals surface area contributed by atoms with Crippen molar-refractivity contribution < 1.29 is 9.90 Å². The average molecular weight is 424 g/mol. The number of nitrogens with one attached hydrogen (secondary N) is 1. The van der Waals surface area contributed by atoms with Crippen LogP contribution in [0.1, 0.15) is 29.6 Å². The van der Waals surface area contributed by atoms with Crippen LogP contribution in [-0.2, 0) is 0 Å². The van der Waals surface area contributed by atoms with Gasteiger partial charge in [0.25, 0.3) is 5.91 Å². The minimum absolute atomic E-state index is 0.0395. The lowest BCUT2D eigenvalue weighted by Gasteiger charge is -2.11. The third kappa shape index (κ3) is 3.60. The van der Waals surface area contributed by atoms with Gasteiger partial charge in [0.1, 0.15) is 5.75 Å². The van der Waals surface area contributed by atoms with Crippen molar-refractivity contribution in [1.82, 2.24) is 5.32 Å². The van der Waals surface area contributed by atoms with Gasteiger partial charge >= 0.3 is 0 Å². The van der Waals surface area contributed by atoms with Crippen LogP contribution in [0.15, 0.2) is 18.2 Å². The van der Waals surface area contributed by atoms with Gasteiger partial charge in [-0.15, -0.1) is 0 Å². The second-order valence-electron chi connectivity index (χ2n) is 4.65. The van der Waals surface area contributed by atoms with E-state index in [0.717, 1.165) is 16.4 Å². The molecule has 1 amide bonds. The van der Waals surface area contributed by atoms with Crippen molar-refractivity contribution in [3.63, 3.8) is 0 Å². The Balaban J connectivity index is 1.93. The lowest BCUT2D eigenvalue weighted by atomic mass is 10.1. The van der Waals surface area contributed by atoms with Crippen LogP contribution in [0, 0.1) is 9.49 Å². The molecule has 0 aromatic heterocycles. The minimum Gasteiger partial charge on any atom is -0.507 e. The molecule has 2 rings (SSSR count). The van der Waals surface area contributed by atoms with E-state index in [1.165, 1.54) is 6.42 Å². The Labute approximate surface area is 129 Å². The van der Waals surface area contributed by atoms with E-state index >= 15 is 0 Å². The Morgan fingerprint density at radius 3 is 2.94 bits per heavy atom. The van der Waals surface area contributed by atoms with E-state index in [2.05, 4.69) is 43.8 Å². The fourth-order valence-corrected chi connectivity index (χ4v) is 3.51. The first-order valence-corrected chi connectivity index (χ1v) is 7.96. The molecule has 0 bridgehead atoms. The zero-order chi connectivity index (χ0) is 13.1. The van der Waals surface area contributed by atoms with Gasteiger partial charge in [-0.1, -0.05) is 15.9 Å². The van der Waals surface area contributed by atoms with E-state index in [4.69, 9.17) is 0 Å². The van der Waals surface area contributed by atoms with E-state index in [-0.39, 0.29) is 11.7 Å². The summed E-state index contributed by atoms with van der Waals surface area (Å²) in [4.78, 5) is 12.6. The van der Waals surface area contributed by atoms with Gasteiger partial charge in [0.2, 0.25) is 0 Å². The average Bonchev–Trinajstić information content (AvgIpc) is 2.75. The molecule has 5 heteroatoms. The third-order valence-corrected chi connectivity index (χ3v) is 4.73. The number of carbonyl (C=O) groups excluding carboxylic acids is 1. The van der Waals surface area contributed by atoms with Gasteiger partial charge < -0.3 is 10.4 Å². The summed E-state index contributed by atoms with van der Waals surface area (Å²) in [6, 6.07) is 5.03. The first kappa shape index (κ1) is 14.1. The summed E-state index contributed by atoms with van der Waals surface area (Å²) in [5.41, 5.74) is 0.357. The van der Waals surface area contributed by atoms with Gasteiger partial charge in [-0.25, -0.2) is 0 Å². The zero-order valence-corrected chi connectivity index (χ0v) is 13.6. The quantitative estimate of drug-likeness (QED) is 0.578. The summed E-state index contributed by atoms with van der Waals surface area (Å²) in [5.74, 6) is 0.394. The van der Waals surface area contributed by atoms with E-state index in [0.29, 0.717) is 22.9 Å². The van der Waals surface area contributed by atoms with E-state index < -0.39 is 0 Å².